The predicted octanol–water partition coefficient (Wildman–Crippen LogP) is 2.94. The molecular weight excluding hydrogens is 203 g/mol. The fourth-order valence-corrected chi connectivity index (χ4v) is 0.678. The summed E-state index contributed by atoms with van der Waals surface area (Å²) in [6.07, 6.45) is 9.67. The van der Waals surface area contributed by atoms with Gasteiger partial charge in [0.25, 0.3) is 0 Å². The summed E-state index contributed by atoms with van der Waals surface area (Å²) < 4.78 is 0. The molecule has 0 radical (unpaired) electrons. The zero-order valence-electron chi connectivity index (χ0n) is 5.83. The molecule has 0 N–H and O–H groups in total. The molecule has 0 aromatic rings. The molecule has 0 aliphatic heterocycles. The molecule has 0 bridgehead atoms. The maximum Gasteiger partial charge on any atom is 0 e. The van der Waals surface area contributed by atoms with E-state index in [0.717, 1.165) is 6.42 Å². The van der Waals surface area contributed by atoms with Crippen LogP contribution < -0.4 is 0 Å². The van der Waals surface area contributed by atoms with E-state index in [1.54, 1.807) is 0 Å². The van der Waals surface area contributed by atoms with Gasteiger partial charge in [0, 0.05) is 21.7 Å². The number of hydrogen-bond donors (Lipinski definition) is 0. The molecule has 0 unspecified atom stereocenters. The topological polar surface area (TPSA) is 0 Å². The van der Waals surface area contributed by atoms with Crippen LogP contribution in [0.3, 0.4) is 0 Å². The zero-order valence-corrected chi connectivity index (χ0v) is 9.03. The van der Waals surface area contributed by atoms with Gasteiger partial charge >= 0.3 is 0 Å². The molecule has 1 aliphatic carbocycles. The second kappa shape index (κ2) is 9.64. The average Bonchev–Trinajstić information content (AvgIpc) is 2.14. The van der Waals surface area contributed by atoms with Gasteiger partial charge in [-0.25, -0.2) is 18.1 Å². The van der Waals surface area contributed by atoms with Gasteiger partial charge in [0.15, 0.2) is 0 Å². The van der Waals surface area contributed by atoms with Crippen LogP contribution in [0.4, 0.5) is 0 Å². The van der Waals surface area contributed by atoms with Crippen LogP contribution >= 0.6 is 24.8 Å². The number of allylic oxidation sites excluding steroid dienone is 4. The molecule has 0 amide bonds. The second-order valence-corrected chi connectivity index (χ2v) is 1.66. The van der Waals surface area contributed by atoms with Gasteiger partial charge < -0.3 is 0 Å². The van der Waals surface area contributed by atoms with Gasteiger partial charge in [0.05, 0.1) is 0 Å². The molecule has 10 heavy (non-hydrogen) atoms. The van der Waals surface area contributed by atoms with Crippen molar-refractivity contribution in [3.05, 3.63) is 30.2 Å². The molecule has 0 saturated heterocycles. The Bertz CT molecular complexity index is 119. The maximum atomic E-state index is 2.16. The first-order valence-electron chi connectivity index (χ1n) is 2.58. The third-order valence-electron chi connectivity index (χ3n) is 1.17. The predicted molar refractivity (Wildman–Crippen MR) is 46.3 cm³/mol. The van der Waals surface area contributed by atoms with E-state index in [9.17, 15) is 0 Å². The van der Waals surface area contributed by atoms with Gasteiger partial charge in [-0.3, -0.25) is 0 Å². The van der Waals surface area contributed by atoms with Crippen molar-refractivity contribution in [3.63, 3.8) is 0 Å². The van der Waals surface area contributed by atoms with Gasteiger partial charge in [-0.05, 0) is 6.42 Å². The normalized spacial score (nSPS) is 11.9. The number of halogens is 2. The van der Waals surface area contributed by atoms with E-state index in [4.69, 9.17) is 0 Å². The zero-order chi connectivity index (χ0) is 5.11. The summed E-state index contributed by atoms with van der Waals surface area (Å²) in [5.41, 5.74) is 1.43. The minimum Gasteiger partial charge on any atom is -0.230 e. The summed E-state index contributed by atoms with van der Waals surface area (Å²) in [6, 6.07) is 0. The Morgan fingerprint density at radius 3 is 2.20 bits per heavy atom. The van der Waals surface area contributed by atoms with Crippen molar-refractivity contribution < 1.29 is 21.7 Å². The molecule has 1 aliphatic rings. The molecule has 3 heteroatoms. The molecular formula is C7H11Cl2Ti-. The van der Waals surface area contributed by atoms with Crippen LogP contribution in [0, 0.1) is 6.42 Å². The Kier molecular flexibility index (Phi) is 16.3. The van der Waals surface area contributed by atoms with Crippen LogP contribution in [0.1, 0.15) is 13.3 Å². The second-order valence-electron chi connectivity index (χ2n) is 1.66. The molecule has 0 heterocycles. The van der Waals surface area contributed by atoms with Gasteiger partial charge in [-0.2, -0.15) is 0 Å². The summed E-state index contributed by atoms with van der Waals surface area (Å²) in [6.45, 7) is 2.07. The smallest absolute Gasteiger partial charge is 0 e. The van der Waals surface area contributed by atoms with Crippen LogP contribution in [0.2, 0.25) is 0 Å². The number of hydrogen-bond acceptors (Lipinski definition) is 0. The van der Waals surface area contributed by atoms with E-state index >= 15 is 0 Å². The minimum absolute atomic E-state index is 0. The van der Waals surface area contributed by atoms with Crippen molar-refractivity contribution in [2.45, 2.75) is 13.3 Å². The van der Waals surface area contributed by atoms with Crippen molar-refractivity contribution in [2.75, 3.05) is 0 Å². The van der Waals surface area contributed by atoms with Crippen molar-refractivity contribution in [1.82, 2.24) is 0 Å². The standard InChI is InChI=1S/C7H9.2ClH.Ti/c1-2-7-5-3-4-6-7;;;/h2-5H,6H2,1H3;2*1H;/q-1;;;. The van der Waals surface area contributed by atoms with Crippen LogP contribution in [-0.4, -0.2) is 0 Å². The van der Waals surface area contributed by atoms with Gasteiger partial charge in [-0.15, -0.1) is 43.9 Å². The van der Waals surface area contributed by atoms with E-state index in [2.05, 4.69) is 31.6 Å². The molecule has 1 rings (SSSR count). The van der Waals surface area contributed by atoms with Crippen LogP contribution in [0.25, 0.3) is 0 Å². The largest absolute Gasteiger partial charge is 0.230 e. The molecule has 0 fully saturated rings. The van der Waals surface area contributed by atoms with Crippen molar-refractivity contribution in [3.8, 4) is 0 Å². The van der Waals surface area contributed by atoms with Crippen molar-refractivity contribution in [1.29, 1.82) is 0 Å². The van der Waals surface area contributed by atoms with Crippen LogP contribution in [-0.2, 0) is 21.7 Å². The third-order valence-corrected chi connectivity index (χ3v) is 1.17. The summed E-state index contributed by atoms with van der Waals surface area (Å²) in [7, 11) is 0. The minimum atomic E-state index is 0. The Morgan fingerprint density at radius 1 is 1.40 bits per heavy atom. The Balaban J connectivity index is -0.000000163. The third kappa shape index (κ3) is 5.43. The van der Waals surface area contributed by atoms with Gasteiger partial charge in [-0.1, -0.05) is 0 Å². The fraction of sp³-hybridized carbons (Fsp3) is 0.286. The molecule has 0 nitrogen and oxygen atoms in total. The van der Waals surface area contributed by atoms with Crippen molar-refractivity contribution >= 4 is 24.8 Å². The molecule has 0 saturated carbocycles. The summed E-state index contributed by atoms with van der Waals surface area (Å²) in [5, 5.41) is 0. The molecule has 0 spiro atoms. The summed E-state index contributed by atoms with van der Waals surface area (Å²) in [4.78, 5) is 0. The van der Waals surface area contributed by atoms with Crippen molar-refractivity contribution in [2.24, 2.45) is 0 Å². The van der Waals surface area contributed by atoms with E-state index < -0.39 is 0 Å². The first-order chi connectivity index (χ1) is 3.43. The summed E-state index contributed by atoms with van der Waals surface area (Å²) in [5.74, 6) is 0. The quantitative estimate of drug-likeness (QED) is 0.464. The molecule has 58 valence electrons. The molecule has 0 atom stereocenters. The SMILES string of the molecule is C[CH-]C1=CC=CC1.Cl.Cl.[Ti]. The van der Waals surface area contributed by atoms with Gasteiger partial charge in [0.1, 0.15) is 0 Å². The first-order valence-corrected chi connectivity index (χ1v) is 2.58. The van der Waals surface area contributed by atoms with E-state index in [-0.39, 0.29) is 46.5 Å². The van der Waals surface area contributed by atoms with Crippen LogP contribution in [0.15, 0.2) is 23.8 Å². The van der Waals surface area contributed by atoms with Gasteiger partial charge in [0.2, 0.25) is 0 Å². The summed E-state index contributed by atoms with van der Waals surface area (Å²) >= 11 is 0. The average molecular weight is 214 g/mol. The fourth-order valence-electron chi connectivity index (χ4n) is 0.678. The van der Waals surface area contributed by atoms with E-state index in [1.807, 2.05) is 0 Å². The Labute approximate surface area is 89.9 Å². The monoisotopic (exact) mass is 213 g/mol. The Hall–Kier alpha value is 0.644. The number of rotatable bonds is 1. The van der Waals surface area contributed by atoms with E-state index in [0.29, 0.717) is 0 Å². The maximum absolute atomic E-state index is 2.16. The first kappa shape index (κ1) is 16.9. The molecule has 0 aromatic carbocycles. The molecule has 0 aromatic heterocycles. The van der Waals surface area contributed by atoms with Crippen LogP contribution in [0.5, 0.6) is 0 Å². The van der Waals surface area contributed by atoms with E-state index in [1.165, 1.54) is 5.57 Å². The Morgan fingerprint density at radius 2 is 2.00 bits per heavy atom.